The van der Waals surface area contributed by atoms with E-state index in [9.17, 15) is 18.0 Å². The first-order chi connectivity index (χ1) is 11.3. The highest BCUT2D eigenvalue weighted by molar-refractivity contribution is 5.91. The lowest BCUT2D eigenvalue weighted by Gasteiger charge is -2.23. The second-order valence-electron chi connectivity index (χ2n) is 7.72. The predicted molar refractivity (Wildman–Crippen MR) is 83.5 cm³/mol. The van der Waals surface area contributed by atoms with Crippen LogP contribution in [0.25, 0.3) is 0 Å². The standard InChI is InChI=1S/C18H21F3N2O/c1-12-4-2-3-5-13(12)16(6-7-16)14(24)23-10-15-8-17(15,11-22-9-15)18(19,20)21/h2-5,22H,6-11H2,1H3,(H,23,24)/t15-,17-/m1/s1. The van der Waals surface area contributed by atoms with Gasteiger partial charge in [0.05, 0.1) is 10.8 Å². The van der Waals surface area contributed by atoms with E-state index in [4.69, 9.17) is 0 Å². The fourth-order valence-corrected chi connectivity index (χ4v) is 4.60. The van der Waals surface area contributed by atoms with Gasteiger partial charge < -0.3 is 10.6 Å². The molecule has 6 heteroatoms. The van der Waals surface area contributed by atoms with E-state index in [2.05, 4.69) is 10.6 Å². The predicted octanol–water partition coefficient (Wildman–Crippen LogP) is 2.68. The summed E-state index contributed by atoms with van der Waals surface area (Å²) in [5, 5.41) is 5.71. The third kappa shape index (κ3) is 1.98. The van der Waals surface area contributed by atoms with Crippen LogP contribution in [0.15, 0.2) is 24.3 Å². The van der Waals surface area contributed by atoms with Gasteiger partial charge in [0.15, 0.2) is 0 Å². The number of rotatable bonds is 4. The average Bonchev–Trinajstić information content (AvgIpc) is 3.42. The van der Waals surface area contributed by atoms with Crippen LogP contribution < -0.4 is 10.6 Å². The number of carbonyl (C=O) groups is 1. The van der Waals surface area contributed by atoms with Crippen LogP contribution in [0.2, 0.25) is 0 Å². The van der Waals surface area contributed by atoms with E-state index in [1.165, 1.54) is 0 Å². The Labute approximate surface area is 139 Å². The van der Waals surface area contributed by atoms with Crippen LogP contribution in [0.3, 0.4) is 0 Å². The molecule has 1 aromatic carbocycles. The van der Waals surface area contributed by atoms with Crippen LogP contribution in [-0.2, 0) is 10.2 Å². The van der Waals surface area contributed by atoms with E-state index >= 15 is 0 Å². The molecule has 3 fully saturated rings. The van der Waals surface area contributed by atoms with Crippen molar-refractivity contribution in [3.63, 3.8) is 0 Å². The molecule has 0 bridgehead atoms. The van der Waals surface area contributed by atoms with Gasteiger partial charge in [-0.2, -0.15) is 13.2 Å². The van der Waals surface area contributed by atoms with E-state index in [0.29, 0.717) is 6.54 Å². The molecule has 0 spiro atoms. The van der Waals surface area contributed by atoms with Crippen LogP contribution >= 0.6 is 0 Å². The fourth-order valence-electron chi connectivity index (χ4n) is 4.60. The average molecular weight is 338 g/mol. The zero-order valence-electron chi connectivity index (χ0n) is 13.6. The first kappa shape index (κ1) is 15.9. The van der Waals surface area contributed by atoms with Gasteiger partial charge in [0.1, 0.15) is 0 Å². The van der Waals surface area contributed by atoms with Gasteiger partial charge in [-0.3, -0.25) is 4.79 Å². The largest absolute Gasteiger partial charge is 0.396 e. The van der Waals surface area contributed by atoms with Crippen molar-refractivity contribution in [1.82, 2.24) is 10.6 Å². The molecule has 1 aromatic rings. The van der Waals surface area contributed by atoms with Crippen molar-refractivity contribution >= 4 is 5.91 Å². The number of hydrogen-bond donors (Lipinski definition) is 2. The number of fused-ring (bicyclic) bond motifs is 1. The summed E-state index contributed by atoms with van der Waals surface area (Å²) in [6, 6.07) is 7.76. The minimum atomic E-state index is -4.21. The second kappa shape index (κ2) is 4.75. The second-order valence-corrected chi connectivity index (χ2v) is 7.72. The van der Waals surface area contributed by atoms with Gasteiger partial charge in [-0.05, 0) is 37.3 Å². The molecule has 2 atom stereocenters. The quantitative estimate of drug-likeness (QED) is 0.886. The Kier molecular flexibility index (Phi) is 3.15. The highest BCUT2D eigenvalue weighted by Gasteiger charge is 2.81. The Bertz CT molecular complexity index is 698. The molecular formula is C18H21F3N2O. The Morgan fingerprint density at radius 3 is 2.54 bits per heavy atom. The molecule has 1 saturated heterocycles. The normalized spacial score (nSPS) is 33.0. The van der Waals surface area contributed by atoms with Gasteiger partial charge in [0.2, 0.25) is 5.91 Å². The van der Waals surface area contributed by atoms with E-state index in [1.54, 1.807) is 0 Å². The first-order valence-corrected chi connectivity index (χ1v) is 8.38. The molecule has 1 heterocycles. The molecule has 4 rings (SSSR count). The van der Waals surface area contributed by atoms with Crippen molar-refractivity contribution in [3.8, 4) is 0 Å². The third-order valence-electron chi connectivity index (χ3n) is 6.40. The molecule has 2 N–H and O–H groups in total. The number of halogens is 3. The van der Waals surface area contributed by atoms with Crippen molar-refractivity contribution in [2.45, 2.75) is 37.8 Å². The molecule has 2 aliphatic carbocycles. The van der Waals surface area contributed by atoms with Crippen LogP contribution in [0, 0.1) is 17.8 Å². The van der Waals surface area contributed by atoms with Crippen LogP contribution in [0.4, 0.5) is 13.2 Å². The zero-order valence-corrected chi connectivity index (χ0v) is 13.6. The Balaban J connectivity index is 1.48. The maximum atomic E-state index is 13.4. The van der Waals surface area contributed by atoms with E-state index in [0.717, 1.165) is 24.0 Å². The lowest BCUT2D eigenvalue weighted by Crippen LogP contribution is -2.41. The van der Waals surface area contributed by atoms with Crippen molar-refractivity contribution < 1.29 is 18.0 Å². The highest BCUT2D eigenvalue weighted by atomic mass is 19.4. The zero-order chi connectivity index (χ0) is 17.2. The monoisotopic (exact) mass is 338 g/mol. The minimum absolute atomic E-state index is 0.0324. The van der Waals surface area contributed by atoms with Gasteiger partial charge in [-0.25, -0.2) is 0 Å². The Morgan fingerprint density at radius 2 is 1.96 bits per heavy atom. The summed E-state index contributed by atoms with van der Waals surface area (Å²) in [5.74, 6) is -0.124. The molecule has 0 unspecified atom stereocenters. The molecule has 130 valence electrons. The van der Waals surface area contributed by atoms with Crippen molar-refractivity contribution in [3.05, 3.63) is 35.4 Å². The number of benzene rings is 1. The van der Waals surface area contributed by atoms with Crippen LogP contribution in [0.5, 0.6) is 0 Å². The molecule has 0 radical (unpaired) electrons. The van der Waals surface area contributed by atoms with Crippen molar-refractivity contribution in [1.29, 1.82) is 0 Å². The smallest absolute Gasteiger partial charge is 0.355 e. The fraction of sp³-hybridized carbons (Fsp3) is 0.611. The molecule has 1 aliphatic heterocycles. The topological polar surface area (TPSA) is 41.1 Å². The Hall–Kier alpha value is -1.56. The first-order valence-electron chi connectivity index (χ1n) is 8.38. The lowest BCUT2D eigenvalue weighted by molar-refractivity contribution is -0.190. The van der Waals surface area contributed by atoms with E-state index in [1.807, 2.05) is 31.2 Å². The summed E-state index contributed by atoms with van der Waals surface area (Å²) >= 11 is 0. The molecule has 2 saturated carbocycles. The molecule has 1 amide bonds. The maximum Gasteiger partial charge on any atom is 0.396 e. The number of aryl methyl sites for hydroxylation is 1. The molecule has 0 aromatic heterocycles. The maximum absolute atomic E-state index is 13.4. The summed E-state index contributed by atoms with van der Waals surface area (Å²) in [4.78, 5) is 12.7. The number of hydrogen-bond acceptors (Lipinski definition) is 2. The third-order valence-corrected chi connectivity index (χ3v) is 6.40. The molecule has 3 nitrogen and oxygen atoms in total. The van der Waals surface area contributed by atoms with Crippen LogP contribution in [0.1, 0.15) is 30.4 Å². The van der Waals surface area contributed by atoms with Gasteiger partial charge in [0, 0.05) is 25.0 Å². The number of amides is 1. The summed E-state index contributed by atoms with van der Waals surface area (Å²) < 4.78 is 40.1. The van der Waals surface area contributed by atoms with Crippen LogP contribution in [-0.4, -0.2) is 31.7 Å². The number of carbonyl (C=O) groups excluding carboxylic acids is 1. The van der Waals surface area contributed by atoms with E-state index in [-0.39, 0.29) is 25.4 Å². The van der Waals surface area contributed by atoms with Gasteiger partial charge in [-0.15, -0.1) is 0 Å². The highest BCUT2D eigenvalue weighted by Crippen LogP contribution is 2.72. The summed E-state index contributed by atoms with van der Waals surface area (Å²) in [7, 11) is 0. The number of piperidine rings is 1. The van der Waals surface area contributed by atoms with Gasteiger partial charge in [0.25, 0.3) is 0 Å². The van der Waals surface area contributed by atoms with Gasteiger partial charge >= 0.3 is 6.18 Å². The summed E-state index contributed by atoms with van der Waals surface area (Å²) in [5.41, 5.74) is -0.983. The lowest BCUT2D eigenvalue weighted by atomic mass is 9.90. The molecular weight excluding hydrogens is 317 g/mol. The molecule has 3 aliphatic rings. The van der Waals surface area contributed by atoms with Crippen molar-refractivity contribution in [2.24, 2.45) is 10.8 Å². The number of alkyl halides is 3. The van der Waals surface area contributed by atoms with E-state index < -0.39 is 22.4 Å². The van der Waals surface area contributed by atoms with Gasteiger partial charge in [-0.1, -0.05) is 24.3 Å². The summed E-state index contributed by atoms with van der Waals surface area (Å²) in [6.07, 6.45) is -2.57. The minimum Gasteiger partial charge on any atom is -0.355 e. The molecule has 24 heavy (non-hydrogen) atoms. The number of nitrogens with one attached hydrogen (secondary N) is 2. The Morgan fingerprint density at radius 1 is 1.25 bits per heavy atom. The van der Waals surface area contributed by atoms with Crippen molar-refractivity contribution in [2.75, 3.05) is 19.6 Å². The SMILES string of the molecule is Cc1ccccc1C1(C(=O)NC[C@@]23CNC[C@]2(C(F)(F)F)C3)CC1. The summed E-state index contributed by atoms with van der Waals surface area (Å²) in [6.45, 7) is 2.36.